The predicted octanol–water partition coefficient (Wildman–Crippen LogP) is 4.36. The summed E-state index contributed by atoms with van der Waals surface area (Å²) in [5.41, 5.74) is -1.20. The van der Waals surface area contributed by atoms with E-state index < -0.39 is 34.3 Å². The van der Waals surface area contributed by atoms with Crippen molar-refractivity contribution in [3.63, 3.8) is 0 Å². The van der Waals surface area contributed by atoms with Crippen LogP contribution in [0.4, 0.5) is 5.69 Å². The van der Waals surface area contributed by atoms with E-state index >= 15 is 0 Å². The predicted molar refractivity (Wildman–Crippen MR) is 130 cm³/mol. The van der Waals surface area contributed by atoms with Crippen LogP contribution in [0.1, 0.15) is 62.7 Å². The fourth-order valence-electron chi connectivity index (χ4n) is 7.72. The Morgan fingerprint density at radius 1 is 1.11 bits per heavy atom. The summed E-state index contributed by atoms with van der Waals surface area (Å²) in [6.07, 6.45) is 9.91. The van der Waals surface area contributed by atoms with E-state index in [1.807, 2.05) is 6.92 Å². The van der Waals surface area contributed by atoms with Crippen molar-refractivity contribution in [2.75, 3.05) is 6.61 Å². The normalized spacial score (nSPS) is 36.8. The van der Waals surface area contributed by atoms with Gasteiger partial charge >= 0.3 is 5.97 Å². The van der Waals surface area contributed by atoms with Crippen LogP contribution in [0.2, 0.25) is 0 Å². The number of carbonyl (C=O) groups excluding carboxylic acids is 3. The van der Waals surface area contributed by atoms with Crippen molar-refractivity contribution in [1.29, 1.82) is 0 Å². The zero-order valence-electron chi connectivity index (χ0n) is 20.6. The number of hydrogen-bond donors (Lipinski definition) is 1. The second-order valence-electron chi connectivity index (χ2n) is 11.3. The molecule has 4 aliphatic rings. The lowest BCUT2D eigenvalue weighted by Gasteiger charge is -2.57. The van der Waals surface area contributed by atoms with Crippen molar-refractivity contribution in [2.45, 2.75) is 58.0 Å². The fourth-order valence-corrected chi connectivity index (χ4v) is 7.72. The van der Waals surface area contributed by atoms with Gasteiger partial charge in [0.05, 0.1) is 10.5 Å². The van der Waals surface area contributed by atoms with Crippen LogP contribution in [0, 0.1) is 38.7 Å². The van der Waals surface area contributed by atoms with Gasteiger partial charge in [-0.25, -0.2) is 4.79 Å². The first-order chi connectivity index (χ1) is 17.0. The van der Waals surface area contributed by atoms with E-state index in [9.17, 15) is 29.6 Å². The molecule has 3 saturated carbocycles. The average molecular weight is 494 g/mol. The third-order valence-electron chi connectivity index (χ3n) is 9.82. The highest BCUT2D eigenvalue weighted by Crippen LogP contribution is 2.67. The Balaban J connectivity index is 1.30. The van der Waals surface area contributed by atoms with Gasteiger partial charge in [0.2, 0.25) is 5.78 Å². The molecule has 0 radical (unpaired) electrons. The van der Waals surface area contributed by atoms with Gasteiger partial charge in [0.1, 0.15) is 5.60 Å². The lowest BCUT2D eigenvalue weighted by Crippen LogP contribution is -2.58. The monoisotopic (exact) mass is 493 g/mol. The van der Waals surface area contributed by atoms with Gasteiger partial charge in [-0.2, -0.15) is 0 Å². The molecule has 8 heteroatoms. The molecule has 5 rings (SSSR count). The molecule has 36 heavy (non-hydrogen) atoms. The Morgan fingerprint density at radius 3 is 2.50 bits per heavy atom. The topological polar surface area (TPSA) is 124 Å². The third-order valence-corrected chi connectivity index (χ3v) is 9.82. The maximum absolute atomic E-state index is 13.3. The fraction of sp³-hybridized carbons (Fsp3) is 0.536. The molecule has 1 aromatic rings. The van der Waals surface area contributed by atoms with Crippen molar-refractivity contribution >= 4 is 23.2 Å². The highest BCUT2D eigenvalue weighted by molar-refractivity contribution is 6.01. The van der Waals surface area contributed by atoms with Crippen molar-refractivity contribution in [2.24, 2.45) is 28.6 Å². The van der Waals surface area contributed by atoms with Gasteiger partial charge < -0.3 is 9.84 Å². The van der Waals surface area contributed by atoms with Gasteiger partial charge in [-0.1, -0.05) is 25.5 Å². The van der Waals surface area contributed by atoms with Crippen LogP contribution < -0.4 is 0 Å². The standard InChI is InChI=1S/C28H31NO7/c1-26-12-9-20(30)15-18(26)5-8-21-22(26)10-13-27(2)23(21)11-14-28(27,33)24(31)16-36-25(32)17-3-6-19(7-4-17)29(34)35/h3-4,6-7,9,12,15,21-23,33H,5,8,10-11,13-14,16H2,1-2H3/t21-,22+,23+,26+,27+,28+/m1/s1. The number of ketones is 2. The number of nitro benzene ring substituents is 1. The molecule has 0 aromatic heterocycles. The molecule has 4 aliphatic carbocycles. The maximum atomic E-state index is 13.3. The molecule has 0 spiro atoms. The summed E-state index contributed by atoms with van der Waals surface area (Å²) >= 11 is 0. The molecule has 0 bridgehead atoms. The van der Waals surface area contributed by atoms with E-state index in [0.29, 0.717) is 24.7 Å². The SMILES string of the molecule is C[C@]12C=CC(=O)C=C1CC[C@@H]1[C@@H]2CC[C@@]2(C)[C@H]1CC[C@]2(O)C(=O)COC(=O)c1ccc([N+](=O)[O-])cc1. The number of carbonyl (C=O) groups is 3. The number of aliphatic hydroxyl groups is 1. The smallest absolute Gasteiger partial charge is 0.338 e. The first-order valence-corrected chi connectivity index (χ1v) is 12.6. The Labute approximate surface area is 209 Å². The summed E-state index contributed by atoms with van der Waals surface area (Å²) in [5, 5.41) is 22.5. The quantitative estimate of drug-likeness (QED) is 0.367. The minimum absolute atomic E-state index is 0.0469. The number of ether oxygens (including phenoxy) is 1. The van der Waals surface area contributed by atoms with Gasteiger partial charge in [-0.15, -0.1) is 0 Å². The number of nitrogens with zero attached hydrogens (tertiary/aromatic N) is 1. The van der Waals surface area contributed by atoms with Gasteiger partial charge in [-0.3, -0.25) is 19.7 Å². The van der Waals surface area contributed by atoms with Crippen LogP contribution in [0.15, 0.2) is 48.1 Å². The number of fused-ring (bicyclic) bond motifs is 5. The molecule has 190 valence electrons. The van der Waals surface area contributed by atoms with Gasteiger partial charge in [0, 0.05) is 23.0 Å². The summed E-state index contributed by atoms with van der Waals surface area (Å²) in [6.45, 7) is 3.67. The molecule has 0 saturated heterocycles. The minimum Gasteiger partial charge on any atom is -0.454 e. The largest absolute Gasteiger partial charge is 0.454 e. The second-order valence-corrected chi connectivity index (χ2v) is 11.3. The molecular formula is C28H31NO7. The molecule has 1 aromatic carbocycles. The molecule has 1 N–H and O–H groups in total. The number of non-ortho nitro benzene ring substituents is 1. The Kier molecular flexibility index (Phi) is 5.78. The molecule has 0 unspecified atom stereocenters. The first-order valence-electron chi connectivity index (χ1n) is 12.6. The summed E-state index contributed by atoms with van der Waals surface area (Å²) in [7, 11) is 0. The number of hydrogen-bond acceptors (Lipinski definition) is 7. The Hall–Kier alpha value is -3.13. The number of benzene rings is 1. The highest BCUT2D eigenvalue weighted by atomic mass is 16.6. The van der Waals surface area contributed by atoms with Crippen LogP contribution in [-0.4, -0.2) is 39.8 Å². The Bertz CT molecular complexity index is 1200. The number of allylic oxidation sites excluding steroid dienone is 4. The van der Waals surface area contributed by atoms with Gasteiger partial charge in [0.15, 0.2) is 12.4 Å². The van der Waals surface area contributed by atoms with E-state index in [4.69, 9.17) is 4.74 Å². The van der Waals surface area contributed by atoms with Crippen molar-refractivity contribution < 1.29 is 29.2 Å². The van der Waals surface area contributed by atoms with Crippen LogP contribution in [0.5, 0.6) is 0 Å². The summed E-state index contributed by atoms with van der Waals surface area (Å²) in [5.74, 6) is -0.341. The molecule has 0 amide bonds. The number of Topliss-reactive ketones (excluding diaryl/α,β-unsaturated/α-hetero) is 1. The van der Waals surface area contributed by atoms with E-state index in [1.54, 1.807) is 12.2 Å². The van der Waals surface area contributed by atoms with E-state index in [0.717, 1.165) is 25.7 Å². The lowest BCUT2D eigenvalue weighted by atomic mass is 9.47. The van der Waals surface area contributed by atoms with Crippen molar-refractivity contribution in [3.05, 3.63) is 63.7 Å². The van der Waals surface area contributed by atoms with Crippen molar-refractivity contribution in [3.8, 4) is 0 Å². The summed E-state index contributed by atoms with van der Waals surface area (Å²) in [6, 6.07) is 4.98. The molecule has 8 nitrogen and oxygen atoms in total. The molecule has 6 atom stereocenters. The lowest BCUT2D eigenvalue weighted by molar-refractivity contribution is -0.384. The van der Waals surface area contributed by atoms with Crippen LogP contribution in [-0.2, 0) is 14.3 Å². The minimum atomic E-state index is -1.58. The summed E-state index contributed by atoms with van der Waals surface area (Å²) < 4.78 is 5.23. The van der Waals surface area contributed by atoms with Gasteiger partial charge in [0.25, 0.3) is 5.69 Å². The van der Waals surface area contributed by atoms with Gasteiger partial charge in [-0.05, 0) is 80.6 Å². The Morgan fingerprint density at radius 2 is 1.81 bits per heavy atom. The third kappa shape index (κ3) is 3.57. The van der Waals surface area contributed by atoms with E-state index in [2.05, 4.69) is 13.0 Å². The maximum Gasteiger partial charge on any atom is 0.338 e. The molecular weight excluding hydrogens is 462 g/mol. The van der Waals surface area contributed by atoms with E-state index in [1.165, 1.54) is 29.8 Å². The highest BCUT2D eigenvalue weighted by Gasteiger charge is 2.66. The average Bonchev–Trinajstić information content (AvgIpc) is 3.14. The zero-order chi connectivity index (χ0) is 25.9. The van der Waals surface area contributed by atoms with Crippen LogP contribution in [0.3, 0.4) is 0 Å². The van der Waals surface area contributed by atoms with Crippen LogP contribution in [0.25, 0.3) is 0 Å². The number of rotatable bonds is 5. The first kappa shape index (κ1) is 24.6. The summed E-state index contributed by atoms with van der Waals surface area (Å²) in [4.78, 5) is 48.0. The molecule has 0 heterocycles. The van der Waals surface area contributed by atoms with E-state index in [-0.39, 0.29) is 28.4 Å². The second kappa shape index (κ2) is 8.47. The molecule has 0 aliphatic heterocycles. The van der Waals surface area contributed by atoms with Crippen molar-refractivity contribution in [1.82, 2.24) is 0 Å². The number of esters is 1. The molecule has 3 fully saturated rings. The number of nitro groups is 1. The van der Waals surface area contributed by atoms with Crippen LogP contribution >= 0.6 is 0 Å². The zero-order valence-corrected chi connectivity index (χ0v) is 20.6.